The van der Waals surface area contributed by atoms with E-state index in [9.17, 15) is 18.0 Å². The normalized spacial score (nSPS) is 12.1. The Balaban J connectivity index is 1.86. The van der Waals surface area contributed by atoms with Crippen LogP contribution in [0.1, 0.15) is 11.1 Å². The van der Waals surface area contributed by atoms with Crippen molar-refractivity contribution in [2.24, 2.45) is 0 Å². The Labute approximate surface area is 144 Å². The molecule has 0 spiro atoms. The minimum absolute atomic E-state index is 0.0287. The third-order valence-electron chi connectivity index (χ3n) is 4.04. The van der Waals surface area contributed by atoms with E-state index in [1.54, 1.807) is 24.3 Å². The summed E-state index contributed by atoms with van der Waals surface area (Å²) in [6.45, 7) is -0.113. The van der Waals surface area contributed by atoms with Gasteiger partial charge in [-0.3, -0.25) is 0 Å². The Hall–Kier alpha value is -3.36. The standard InChI is InChI=1S/C17H12F3N5O/c18-17(19,20)11-5-3-4-10(8-11)9-24-16(26)25-14(23-24)12-6-1-2-7-13(12)22-15(25)21/h1-8H,9H2,(H2,21,22). The number of nitrogen functional groups attached to an aromatic ring is 1. The highest BCUT2D eigenvalue weighted by atomic mass is 19.4. The van der Waals surface area contributed by atoms with Crippen LogP contribution >= 0.6 is 0 Å². The first-order chi connectivity index (χ1) is 12.3. The first-order valence-electron chi connectivity index (χ1n) is 7.64. The molecule has 6 nitrogen and oxygen atoms in total. The molecular formula is C17H12F3N5O. The number of para-hydroxylation sites is 1. The molecule has 0 radical (unpaired) electrons. The quantitative estimate of drug-likeness (QED) is 0.597. The first-order valence-corrected chi connectivity index (χ1v) is 7.64. The number of nitrogens with two attached hydrogens (primary N) is 1. The van der Waals surface area contributed by atoms with Gasteiger partial charge in [0.1, 0.15) is 0 Å². The van der Waals surface area contributed by atoms with Gasteiger partial charge in [0, 0.05) is 5.39 Å². The van der Waals surface area contributed by atoms with Crippen molar-refractivity contribution in [2.45, 2.75) is 12.7 Å². The minimum atomic E-state index is -4.45. The lowest BCUT2D eigenvalue weighted by atomic mass is 10.1. The van der Waals surface area contributed by atoms with E-state index in [-0.39, 0.29) is 12.5 Å². The minimum Gasteiger partial charge on any atom is -0.369 e. The molecule has 26 heavy (non-hydrogen) atoms. The SMILES string of the molecule is Nc1nc2ccccc2c2nn(Cc3cccc(C(F)(F)F)c3)c(=O)n12. The number of nitrogens with zero attached hydrogens (tertiary/aromatic N) is 4. The molecule has 0 aliphatic carbocycles. The summed E-state index contributed by atoms with van der Waals surface area (Å²) >= 11 is 0. The summed E-state index contributed by atoms with van der Waals surface area (Å²) in [6, 6.07) is 11.8. The van der Waals surface area contributed by atoms with Crippen LogP contribution in [0.25, 0.3) is 16.6 Å². The number of halogens is 3. The van der Waals surface area contributed by atoms with Crippen LogP contribution < -0.4 is 11.4 Å². The second-order valence-corrected chi connectivity index (χ2v) is 5.78. The number of hydrogen-bond donors (Lipinski definition) is 1. The molecule has 0 saturated heterocycles. The van der Waals surface area contributed by atoms with Gasteiger partial charge < -0.3 is 5.73 Å². The van der Waals surface area contributed by atoms with Crippen LogP contribution in [0.3, 0.4) is 0 Å². The van der Waals surface area contributed by atoms with Crippen LogP contribution in [0.15, 0.2) is 53.3 Å². The number of hydrogen-bond acceptors (Lipinski definition) is 4. The molecule has 0 fully saturated rings. The highest BCUT2D eigenvalue weighted by Crippen LogP contribution is 2.29. The molecule has 2 N–H and O–H groups in total. The summed E-state index contributed by atoms with van der Waals surface area (Å²) < 4.78 is 40.8. The van der Waals surface area contributed by atoms with E-state index >= 15 is 0 Å². The van der Waals surface area contributed by atoms with E-state index < -0.39 is 17.4 Å². The molecule has 0 aliphatic heterocycles. The van der Waals surface area contributed by atoms with Gasteiger partial charge in [-0.1, -0.05) is 24.3 Å². The van der Waals surface area contributed by atoms with Crippen molar-refractivity contribution >= 4 is 22.5 Å². The van der Waals surface area contributed by atoms with E-state index in [2.05, 4.69) is 10.1 Å². The lowest BCUT2D eigenvalue weighted by Crippen LogP contribution is -2.23. The maximum Gasteiger partial charge on any atom is 0.416 e. The number of alkyl halides is 3. The average molecular weight is 359 g/mol. The van der Waals surface area contributed by atoms with Crippen LogP contribution in [0, 0.1) is 0 Å². The summed E-state index contributed by atoms with van der Waals surface area (Å²) in [5.74, 6) is -0.0287. The van der Waals surface area contributed by atoms with Gasteiger partial charge in [-0.2, -0.15) is 13.2 Å². The Morgan fingerprint density at radius 1 is 1.08 bits per heavy atom. The van der Waals surface area contributed by atoms with E-state index in [1.165, 1.54) is 12.1 Å². The molecule has 4 rings (SSSR count). The molecule has 0 aliphatic rings. The average Bonchev–Trinajstić information content (AvgIpc) is 2.92. The fraction of sp³-hybridized carbons (Fsp3) is 0.118. The topological polar surface area (TPSA) is 78.2 Å². The summed E-state index contributed by atoms with van der Waals surface area (Å²) in [5.41, 5.74) is 5.71. The van der Waals surface area contributed by atoms with Crippen molar-refractivity contribution in [1.29, 1.82) is 0 Å². The van der Waals surface area contributed by atoms with E-state index in [0.29, 0.717) is 22.1 Å². The number of anilines is 1. The highest BCUT2D eigenvalue weighted by molar-refractivity contribution is 5.91. The summed E-state index contributed by atoms with van der Waals surface area (Å²) in [7, 11) is 0. The monoisotopic (exact) mass is 359 g/mol. The summed E-state index contributed by atoms with van der Waals surface area (Å²) in [6.07, 6.45) is -4.45. The van der Waals surface area contributed by atoms with Crippen molar-refractivity contribution in [2.75, 3.05) is 5.73 Å². The highest BCUT2D eigenvalue weighted by Gasteiger charge is 2.30. The zero-order valence-corrected chi connectivity index (χ0v) is 13.2. The molecule has 2 heterocycles. The molecular weight excluding hydrogens is 347 g/mol. The van der Waals surface area contributed by atoms with Gasteiger partial charge in [0.15, 0.2) is 5.65 Å². The number of benzene rings is 2. The van der Waals surface area contributed by atoms with E-state index in [1.807, 2.05) is 0 Å². The molecule has 9 heteroatoms. The van der Waals surface area contributed by atoms with E-state index in [0.717, 1.165) is 21.2 Å². The second kappa shape index (κ2) is 5.58. The van der Waals surface area contributed by atoms with Gasteiger partial charge >= 0.3 is 11.9 Å². The predicted octanol–water partition coefficient (Wildman–Crippen LogP) is 2.69. The number of fused-ring (bicyclic) bond motifs is 3. The fourth-order valence-corrected chi connectivity index (χ4v) is 2.84. The van der Waals surface area contributed by atoms with Gasteiger partial charge in [-0.25, -0.2) is 18.9 Å². The van der Waals surface area contributed by atoms with Crippen LogP contribution in [0.4, 0.5) is 19.1 Å². The zero-order valence-electron chi connectivity index (χ0n) is 13.2. The van der Waals surface area contributed by atoms with Crippen LogP contribution in [0.2, 0.25) is 0 Å². The van der Waals surface area contributed by atoms with Crippen molar-refractivity contribution in [3.8, 4) is 0 Å². The Kier molecular flexibility index (Phi) is 3.46. The predicted molar refractivity (Wildman–Crippen MR) is 89.7 cm³/mol. The Morgan fingerprint density at radius 3 is 2.62 bits per heavy atom. The molecule has 0 unspecified atom stereocenters. The van der Waals surface area contributed by atoms with Crippen LogP contribution in [-0.2, 0) is 12.7 Å². The number of aromatic nitrogens is 4. The van der Waals surface area contributed by atoms with E-state index in [4.69, 9.17) is 5.73 Å². The Bertz CT molecular complexity index is 1190. The Morgan fingerprint density at radius 2 is 1.85 bits per heavy atom. The number of rotatable bonds is 2. The summed E-state index contributed by atoms with van der Waals surface area (Å²) in [5, 5.41) is 4.88. The van der Waals surface area contributed by atoms with Gasteiger partial charge in [0.25, 0.3) is 0 Å². The molecule has 0 atom stereocenters. The molecule has 132 valence electrons. The largest absolute Gasteiger partial charge is 0.416 e. The maximum atomic E-state index is 12.9. The van der Waals surface area contributed by atoms with Gasteiger partial charge in [0.2, 0.25) is 5.95 Å². The molecule has 2 aromatic heterocycles. The first kappa shape index (κ1) is 16.1. The van der Waals surface area contributed by atoms with Gasteiger partial charge in [0.05, 0.1) is 17.6 Å². The lowest BCUT2D eigenvalue weighted by Gasteiger charge is -2.08. The third kappa shape index (κ3) is 2.57. The van der Waals surface area contributed by atoms with Crippen molar-refractivity contribution in [1.82, 2.24) is 19.2 Å². The maximum absolute atomic E-state index is 12.9. The lowest BCUT2D eigenvalue weighted by molar-refractivity contribution is -0.137. The molecule has 0 saturated carbocycles. The smallest absolute Gasteiger partial charge is 0.369 e. The van der Waals surface area contributed by atoms with Crippen LogP contribution in [-0.4, -0.2) is 19.2 Å². The van der Waals surface area contributed by atoms with Crippen molar-refractivity contribution < 1.29 is 13.2 Å². The second-order valence-electron chi connectivity index (χ2n) is 5.78. The molecule has 4 aromatic rings. The molecule has 0 amide bonds. The van der Waals surface area contributed by atoms with Crippen molar-refractivity contribution in [3.05, 3.63) is 70.1 Å². The van der Waals surface area contributed by atoms with Crippen LogP contribution in [0.5, 0.6) is 0 Å². The zero-order chi connectivity index (χ0) is 18.5. The van der Waals surface area contributed by atoms with Crippen molar-refractivity contribution in [3.63, 3.8) is 0 Å². The summed E-state index contributed by atoms with van der Waals surface area (Å²) in [4.78, 5) is 16.8. The molecule has 2 aromatic carbocycles. The fourth-order valence-electron chi connectivity index (χ4n) is 2.84. The van der Waals surface area contributed by atoms with Gasteiger partial charge in [-0.15, -0.1) is 5.10 Å². The third-order valence-corrected chi connectivity index (χ3v) is 4.04. The van der Waals surface area contributed by atoms with Gasteiger partial charge in [-0.05, 0) is 29.8 Å². The molecule has 0 bridgehead atoms.